The number of likely N-dealkylation sites (tertiary alicyclic amines) is 1. The highest BCUT2D eigenvalue weighted by molar-refractivity contribution is 5.95. The normalized spacial score (nSPS) is 20.2. The summed E-state index contributed by atoms with van der Waals surface area (Å²) in [6.07, 6.45) is 8.24. The molecule has 1 aliphatic heterocycles. The standard InChI is InChI=1S/C24H29N5O2/c1-31-19-10-12-20-17(14-19)9-11-21(25-20)24(30)29-13-5-8-18(15-29)23-26-22(27-28-23)16-6-3-2-4-7-16/h9-12,14,16,18H,2-8,13,15H2,1H3,(H,26,27,28). The van der Waals surface area contributed by atoms with Gasteiger partial charge in [0.2, 0.25) is 0 Å². The highest BCUT2D eigenvalue weighted by Crippen LogP contribution is 2.32. The second-order valence-electron chi connectivity index (χ2n) is 8.76. The van der Waals surface area contributed by atoms with E-state index in [1.54, 1.807) is 7.11 Å². The molecule has 1 N–H and O–H groups in total. The summed E-state index contributed by atoms with van der Waals surface area (Å²) in [6, 6.07) is 9.44. The molecular weight excluding hydrogens is 390 g/mol. The Hall–Kier alpha value is -2.96. The van der Waals surface area contributed by atoms with Crippen molar-refractivity contribution in [1.82, 2.24) is 25.1 Å². The van der Waals surface area contributed by atoms with E-state index in [0.29, 0.717) is 18.2 Å². The molecule has 1 amide bonds. The Morgan fingerprint density at radius 1 is 1.03 bits per heavy atom. The van der Waals surface area contributed by atoms with Crippen molar-refractivity contribution in [1.29, 1.82) is 0 Å². The first kappa shape index (κ1) is 20.0. The lowest BCUT2D eigenvalue weighted by Gasteiger charge is -2.31. The van der Waals surface area contributed by atoms with Crippen molar-refractivity contribution in [2.45, 2.75) is 56.8 Å². The molecule has 3 heterocycles. The molecule has 2 aromatic heterocycles. The Balaban J connectivity index is 1.30. The number of fused-ring (bicyclic) bond motifs is 1. The molecule has 7 nitrogen and oxygen atoms in total. The summed E-state index contributed by atoms with van der Waals surface area (Å²) in [4.78, 5) is 24.5. The predicted molar refractivity (Wildman–Crippen MR) is 118 cm³/mol. The Morgan fingerprint density at radius 3 is 2.71 bits per heavy atom. The van der Waals surface area contributed by atoms with Gasteiger partial charge in [0.15, 0.2) is 5.82 Å². The lowest BCUT2D eigenvalue weighted by molar-refractivity contribution is 0.0699. The third-order valence-electron chi connectivity index (χ3n) is 6.70. The van der Waals surface area contributed by atoms with Gasteiger partial charge in [0.05, 0.1) is 12.6 Å². The van der Waals surface area contributed by atoms with Gasteiger partial charge in [-0.3, -0.25) is 9.89 Å². The number of H-pyrrole nitrogens is 1. The Bertz CT molecular complexity index is 1070. The van der Waals surface area contributed by atoms with Gasteiger partial charge in [-0.2, -0.15) is 5.10 Å². The molecule has 3 aromatic rings. The second kappa shape index (κ2) is 8.65. The maximum Gasteiger partial charge on any atom is 0.272 e. The van der Waals surface area contributed by atoms with Gasteiger partial charge in [-0.1, -0.05) is 25.3 Å². The van der Waals surface area contributed by atoms with Crippen LogP contribution in [0.1, 0.15) is 78.9 Å². The van der Waals surface area contributed by atoms with Crippen LogP contribution >= 0.6 is 0 Å². The molecule has 2 aliphatic rings. The minimum absolute atomic E-state index is 0.0227. The summed E-state index contributed by atoms with van der Waals surface area (Å²) >= 11 is 0. The largest absolute Gasteiger partial charge is 0.497 e. The molecular formula is C24H29N5O2. The second-order valence-corrected chi connectivity index (χ2v) is 8.76. The van der Waals surface area contributed by atoms with Crippen molar-refractivity contribution in [2.75, 3.05) is 20.2 Å². The minimum Gasteiger partial charge on any atom is -0.497 e. The van der Waals surface area contributed by atoms with Crippen LogP contribution in [0.4, 0.5) is 0 Å². The molecule has 0 bridgehead atoms. The van der Waals surface area contributed by atoms with Crippen molar-refractivity contribution < 1.29 is 9.53 Å². The van der Waals surface area contributed by atoms with Gasteiger partial charge in [0, 0.05) is 30.3 Å². The topological polar surface area (TPSA) is 84.0 Å². The number of hydrogen-bond acceptors (Lipinski definition) is 5. The van der Waals surface area contributed by atoms with E-state index in [1.165, 1.54) is 32.1 Å². The fourth-order valence-electron chi connectivity index (χ4n) is 4.91. The minimum atomic E-state index is -0.0227. The lowest BCUT2D eigenvalue weighted by atomic mass is 9.89. The molecule has 1 atom stereocenters. The average molecular weight is 420 g/mol. The highest BCUT2D eigenvalue weighted by Gasteiger charge is 2.29. The summed E-state index contributed by atoms with van der Waals surface area (Å²) in [5, 5.41) is 8.69. The molecule has 1 saturated heterocycles. The molecule has 31 heavy (non-hydrogen) atoms. The first-order chi connectivity index (χ1) is 15.2. The van der Waals surface area contributed by atoms with E-state index >= 15 is 0 Å². The van der Waals surface area contributed by atoms with Gasteiger partial charge in [-0.25, -0.2) is 9.97 Å². The molecule has 7 heteroatoms. The number of piperidine rings is 1. The zero-order valence-electron chi connectivity index (χ0n) is 18.0. The van der Waals surface area contributed by atoms with Crippen LogP contribution in [0.15, 0.2) is 30.3 Å². The Morgan fingerprint density at radius 2 is 1.87 bits per heavy atom. The van der Waals surface area contributed by atoms with Gasteiger partial charge in [-0.05, 0) is 49.9 Å². The van der Waals surface area contributed by atoms with Crippen molar-refractivity contribution >= 4 is 16.8 Å². The number of methoxy groups -OCH3 is 1. The van der Waals surface area contributed by atoms with Crippen molar-refractivity contribution in [3.05, 3.63) is 47.7 Å². The molecule has 5 rings (SSSR count). The van der Waals surface area contributed by atoms with Gasteiger partial charge in [0.25, 0.3) is 5.91 Å². The van der Waals surface area contributed by atoms with Gasteiger partial charge < -0.3 is 9.64 Å². The Labute approximate surface area is 182 Å². The summed E-state index contributed by atoms with van der Waals surface area (Å²) < 4.78 is 5.27. The third-order valence-corrected chi connectivity index (χ3v) is 6.70. The number of hydrogen-bond donors (Lipinski definition) is 1. The zero-order chi connectivity index (χ0) is 21.2. The van der Waals surface area contributed by atoms with Crippen molar-refractivity contribution in [3.63, 3.8) is 0 Å². The van der Waals surface area contributed by atoms with Crippen molar-refractivity contribution in [3.8, 4) is 5.75 Å². The van der Waals surface area contributed by atoms with Crippen LogP contribution < -0.4 is 4.74 Å². The monoisotopic (exact) mass is 419 g/mol. The molecule has 1 saturated carbocycles. The molecule has 0 spiro atoms. The van der Waals surface area contributed by atoms with Crippen molar-refractivity contribution in [2.24, 2.45) is 0 Å². The van der Waals surface area contributed by atoms with Crippen LogP contribution in [0.25, 0.3) is 10.9 Å². The number of rotatable bonds is 4. The SMILES string of the molecule is COc1ccc2nc(C(=O)N3CCCC(c4n[nH]c(C5CCCCC5)n4)C3)ccc2c1. The van der Waals surface area contributed by atoms with E-state index in [2.05, 4.69) is 15.2 Å². The lowest BCUT2D eigenvalue weighted by Crippen LogP contribution is -2.39. The maximum absolute atomic E-state index is 13.2. The number of nitrogens with zero attached hydrogens (tertiary/aromatic N) is 4. The van der Waals surface area contributed by atoms with E-state index in [4.69, 9.17) is 9.72 Å². The molecule has 1 aromatic carbocycles. The quantitative estimate of drug-likeness (QED) is 0.676. The molecule has 2 fully saturated rings. The van der Waals surface area contributed by atoms with Crippen LogP contribution in [0.5, 0.6) is 5.75 Å². The first-order valence-corrected chi connectivity index (χ1v) is 11.4. The predicted octanol–water partition coefficient (Wildman–Crippen LogP) is 4.43. The van der Waals surface area contributed by atoms with Crippen LogP contribution in [0, 0.1) is 0 Å². The van der Waals surface area contributed by atoms with Crippen LogP contribution in [-0.4, -0.2) is 51.2 Å². The van der Waals surface area contributed by atoms with E-state index in [9.17, 15) is 4.79 Å². The van der Waals surface area contributed by atoms with Gasteiger partial charge in [-0.15, -0.1) is 0 Å². The van der Waals surface area contributed by atoms with Gasteiger partial charge in [0.1, 0.15) is 17.3 Å². The molecule has 1 aliphatic carbocycles. The number of nitrogens with one attached hydrogen (secondary N) is 1. The fourth-order valence-corrected chi connectivity index (χ4v) is 4.91. The molecule has 0 radical (unpaired) electrons. The number of aromatic amines is 1. The van der Waals surface area contributed by atoms with Gasteiger partial charge >= 0.3 is 0 Å². The average Bonchev–Trinajstić information content (AvgIpc) is 3.34. The summed E-state index contributed by atoms with van der Waals surface area (Å²) in [5.74, 6) is 3.34. The number of benzene rings is 1. The van der Waals surface area contributed by atoms with E-state index in [1.807, 2.05) is 35.2 Å². The summed E-state index contributed by atoms with van der Waals surface area (Å²) in [5.41, 5.74) is 1.28. The first-order valence-electron chi connectivity index (χ1n) is 11.4. The summed E-state index contributed by atoms with van der Waals surface area (Å²) in [7, 11) is 1.64. The number of aromatic nitrogens is 4. The maximum atomic E-state index is 13.2. The van der Waals surface area contributed by atoms with E-state index < -0.39 is 0 Å². The van der Waals surface area contributed by atoms with E-state index in [0.717, 1.165) is 47.7 Å². The van der Waals surface area contributed by atoms with E-state index in [-0.39, 0.29) is 11.8 Å². The van der Waals surface area contributed by atoms with Crippen LogP contribution in [0.2, 0.25) is 0 Å². The number of carbonyl (C=O) groups is 1. The molecule has 1 unspecified atom stereocenters. The highest BCUT2D eigenvalue weighted by atomic mass is 16.5. The van der Waals surface area contributed by atoms with Crippen LogP contribution in [0.3, 0.4) is 0 Å². The Kier molecular flexibility index (Phi) is 5.57. The number of ether oxygens (including phenoxy) is 1. The smallest absolute Gasteiger partial charge is 0.272 e. The third kappa shape index (κ3) is 4.13. The number of carbonyl (C=O) groups excluding carboxylic acids is 1. The number of amides is 1. The fraction of sp³-hybridized carbons (Fsp3) is 0.500. The van der Waals surface area contributed by atoms with Crippen LogP contribution in [-0.2, 0) is 0 Å². The zero-order valence-corrected chi connectivity index (χ0v) is 18.0. The molecule has 162 valence electrons. The summed E-state index contributed by atoms with van der Waals surface area (Å²) in [6.45, 7) is 1.39. The number of pyridine rings is 1.